The Morgan fingerprint density at radius 2 is 1.94 bits per heavy atom. The van der Waals surface area contributed by atoms with Gasteiger partial charge in [0.15, 0.2) is 5.78 Å². The molecule has 0 unspecified atom stereocenters. The predicted octanol–water partition coefficient (Wildman–Crippen LogP) is 1.94. The van der Waals surface area contributed by atoms with Crippen molar-refractivity contribution in [3.05, 3.63) is 29.8 Å². The largest absolute Gasteiger partial charge is 0.486 e. The maximum Gasteiger partial charge on any atom is 0.167 e. The van der Waals surface area contributed by atoms with Gasteiger partial charge in [0.1, 0.15) is 12.4 Å². The van der Waals surface area contributed by atoms with Gasteiger partial charge in [0.2, 0.25) is 0 Å². The molecule has 0 radical (unpaired) electrons. The molecule has 1 rings (SSSR count). The van der Waals surface area contributed by atoms with Gasteiger partial charge in [0.25, 0.3) is 0 Å². The number of rotatable bonds is 7. The van der Waals surface area contributed by atoms with Gasteiger partial charge in [-0.1, -0.05) is 12.1 Å². The molecule has 1 aromatic carbocycles. The third-order valence-electron chi connectivity index (χ3n) is 2.29. The molecule has 3 nitrogen and oxygen atoms in total. The monoisotopic (exact) mass is 221 g/mol. The summed E-state index contributed by atoms with van der Waals surface area (Å²) in [5.74, 6) is 0.782. The van der Waals surface area contributed by atoms with Crippen LogP contribution in [-0.4, -0.2) is 18.9 Å². The molecule has 3 heteroatoms. The number of carbonyl (C=O) groups excluding carboxylic acids is 1. The second kappa shape index (κ2) is 7.01. The molecule has 2 N–H and O–H groups in total. The van der Waals surface area contributed by atoms with E-state index in [1.54, 1.807) is 0 Å². The van der Waals surface area contributed by atoms with Gasteiger partial charge in [-0.3, -0.25) is 4.79 Å². The summed E-state index contributed by atoms with van der Waals surface area (Å²) in [4.78, 5) is 10.7. The fourth-order valence-corrected chi connectivity index (χ4v) is 1.41. The standard InChI is InChI=1S/C13H19NO2/c1-11(15)10-16-13-7-5-12(6-8-13)4-2-3-9-14/h5-8H,2-4,9-10,14H2,1H3. The Hall–Kier alpha value is -1.35. The van der Waals surface area contributed by atoms with Crippen molar-refractivity contribution in [2.45, 2.75) is 26.2 Å². The van der Waals surface area contributed by atoms with Crippen molar-refractivity contribution in [2.75, 3.05) is 13.2 Å². The minimum atomic E-state index is 0.0343. The molecule has 0 fully saturated rings. The van der Waals surface area contributed by atoms with Gasteiger partial charge < -0.3 is 10.5 Å². The Morgan fingerprint density at radius 1 is 1.25 bits per heavy atom. The number of nitrogens with two attached hydrogens (primary N) is 1. The average molecular weight is 221 g/mol. The third kappa shape index (κ3) is 4.94. The Labute approximate surface area is 96.6 Å². The van der Waals surface area contributed by atoms with Crippen molar-refractivity contribution in [1.29, 1.82) is 0 Å². The maximum atomic E-state index is 10.7. The first kappa shape index (κ1) is 12.7. The Balaban J connectivity index is 2.38. The molecule has 0 saturated heterocycles. The van der Waals surface area contributed by atoms with E-state index in [0.29, 0.717) is 0 Å². The zero-order valence-electron chi connectivity index (χ0n) is 9.74. The van der Waals surface area contributed by atoms with Crippen molar-refractivity contribution in [3.63, 3.8) is 0 Å². The molecule has 0 aliphatic rings. The average Bonchev–Trinajstić information content (AvgIpc) is 2.28. The van der Waals surface area contributed by atoms with Crippen LogP contribution < -0.4 is 10.5 Å². The molecule has 88 valence electrons. The lowest BCUT2D eigenvalue weighted by Crippen LogP contribution is -2.06. The number of ether oxygens (including phenoxy) is 1. The van der Waals surface area contributed by atoms with E-state index in [1.165, 1.54) is 12.5 Å². The highest BCUT2D eigenvalue weighted by Gasteiger charge is 1.97. The van der Waals surface area contributed by atoms with Crippen molar-refractivity contribution < 1.29 is 9.53 Å². The van der Waals surface area contributed by atoms with E-state index in [1.807, 2.05) is 24.3 Å². The van der Waals surface area contributed by atoms with Crippen LogP contribution in [0.25, 0.3) is 0 Å². The second-order valence-corrected chi connectivity index (χ2v) is 3.88. The molecule has 0 aliphatic carbocycles. The van der Waals surface area contributed by atoms with Crippen LogP contribution in [-0.2, 0) is 11.2 Å². The summed E-state index contributed by atoms with van der Waals surface area (Å²) in [5, 5.41) is 0. The van der Waals surface area contributed by atoms with E-state index < -0.39 is 0 Å². The molecule has 0 aliphatic heterocycles. The van der Waals surface area contributed by atoms with Crippen LogP contribution in [0, 0.1) is 0 Å². The predicted molar refractivity (Wildman–Crippen MR) is 64.6 cm³/mol. The van der Waals surface area contributed by atoms with Crippen LogP contribution in [0.15, 0.2) is 24.3 Å². The lowest BCUT2D eigenvalue weighted by molar-refractivity contribution is -0.118. The molecule has 0 heterocycles. The van der Waals surface area contributed by atoms with E-state index in [2.05, 4.69) is 0 Å². The quantitative estimate of drug-likeness (QED) is 0.716. The van der Waals surface area contributed by atoms with Crippen LogP contribution >= 0.6 is 0 Å². The van der Waals surface area contributed by atoms with Crippen LogP contribution in [0.5, 0.6) is 5.75 Å². The zero-order chi connectivity index (χ0) is 11.8. The fraction of sp³-hybridized carbons (Fsp3) is 0.462. The smallest absolute Gasteiger partial charge is 0.167 e. The Bertz CT molecular complexity index is 319. The Morgan fingerprint density at radius 3 is 2.50 bits per heavy atom. The normalized spacial score (nSPS) is 10.1. The number of aryl methyl sites for hydroxylation is 1. The molecule has 0 spiro atoms. The van der Waals surface area contributed by atoms with Crippen molar-refractivity contribution in [1.82, 2.24) is 0 Å². The minimum absolute atomic E-state index is 0.0343. The molecule has 0 aromatic heterocycles. The van der Waals surface area contributed by atoms with Crippen molar-refractivity contribution in [2.24, 2.45) is 5.73 Å². The number of unbranched alkanes of at least 4 members (excludes halogenated alkanes) is 1. The number of benzene rings is 1. The van der Waals surface area contributed by atoms with Crippen LogP contribution in [0.2, 0.25) is 0 Å². The summed E-state index contributed by atoms with van der Waals surface area (Å²) >= 11 is 0. The van der Waals surface area contributed by atoms with Crippen LogP contribution in [0.1, 0.15) is 25.3 Å². The van der Waals surface area contributed by atoms with Gasteiger partial charge >= 0.3 is 0 Å². The molecule has 0 bridgehead atoms. The first-order valence-electron chi connectivity index (χ1n) is 5.63. The Kier molecular flexibility index (Phi) is 5.57. The SMILES string of the molecule is CC(=O)COc1ccc(CCCCN)cc1. The van der Waals surface area contributed by atoms with E-state index in [0.717, 1.165) is 31.6 Å². The maximum absolute atomic E-state index is 10.7. The summed E-state index contributed by atoms with van der Waals surface area (Å²) in [6.07, 6.45) is 3.22. The molecule has 0 atom stereocenters. The first-order chi connectivity index (χ1) is 7.72. The fourth-order valence-electron chi connectivity index (χ4n) is 1.41. The molecular weight excluding hydrogens is 202 g/mol. The number of ketones is 1. The van der Waals surface area contributed by atoms with E-state index in [-0.39, 0.29) is 12.4 Å². The second-order valence-electron chi connectivity index (χ2n) is 3.88. The van der Waals surface area contributed by atoms with Gasteiger partial charge in [0, 0.05) is 0 Å². The van der Waals surface area contributed by atoms with E-state index in [4.69, 9.17) is 10.5 Å². The lowest BCUT2D eigenvalue weighted by Gasteiger charge is -2.05. The highest BCUT2D eigenvalue weighted by atomic mass is 16.5. The van der Waals surface area contributed by atoms with E-state index in [9.17, 15) is 4.79 Å². The highest BCUT2D eigenvalue weighted by Crippen LogP contribution is 2.13. The number of hydrogen-bond donors (Lipinski definition) is 1. The molecule has 1 aromatic rings. The van der Waals surface area contributed by atoms with Gasteiger partial charge in [-0.05, 0) is 50.4 Å². The molecule has 0 amide bonds. The molecule has 16 heavy (non-hydrogen) atoms. The van der Waals surface area contributed by atoms with Gasteiger partial charge in [-0.25, -0.2) is 0 Å². The van der Waals surface area contributed by atoms with Gasteiger partial charge in [-0.15, -0.1) is 0 Å². The topological polar surface area (TPSA) is 52.3 Å². The van der Waals surface area contributed by atoms with Gasteiger partial charge in [-0.2, -0.15) is 0 Å². The lowest BCUT2D eigenvalue weighted by atomic mass is 10.1. The summed E-state index contributed by atoms with van der Waals surface area (Å²) in [6.45, 7) is 2.41. The zero-order valence-corrected chi connectivity index (χ0v) is 9.74. The molecular formula is C13H19NO2. The minimum Gasteiger partial charge on any atom is -0.486 e. The van der Waals surface area contributed by atoms with Crippen LogP contribution in [0.4, 0.5) is 0 Å². The summed E-state index contributed by atoms with van der Waals surface area (Å²) in [6, 6.07) is 7.87. The van der Waals surface area contributed by atoms with Crippen LogP contribution in [0.3, 0.4) is 0 Å². The van der Waals surface area contributed by atoms with E-state index >= 15 is 0 Å². The first-order valence-corrected chi connectivity index (χ1v) is 5.63. The summed E-state index contributed by atoms with van der Waals surface area (Å²) in [7, 11) is 0. The van der Waals surface area contributed by atoms with Gasteiger partial charge in [0.05, 0.1) is 0 Å². The number of Topliss-reactive ketones (excluding diaryl/α,β-unsaturated/α-hetero) is 1. The third-order valence-corrected chi connectivity index (χ3v) is 2.29. The number of carbonyl (C=O) groups is 1. The molecule has 0 saturated carbocycles. The summed E-state index contributed by atoms with van der Waals surface area (Å²) in [5.41, 5.74) is 6.71. The summed E-state index contributed by atoms with van der Waals surface area (Å²) < 4.78 is 5.28. The number of hydrogen-bond acceptors (Lipinski definition) is 3. The van der Waals surface area contributed by atoms with Crippen molar-refractivity contribution >= 4 is 5.78 Å². The van der Waals surface area contributed by atoms with Crippen molar-refractivity contribution in [3.8, 4) is 5.75 Å². The highest BCUT2D eigenvalue weighted by molar-refractivity contribution is 5.77.